The summed E-state index contributed by atoms with van der Waals surface area (Å²) >= 11 is 8.70. The Bertz CT molecular complexity index is 607. The number of hydrogen-bond acceptors (Lipinski definition) is 3. The first-order valence-corrected chi connectivity index (χ1v) is 6.53. The molecule has 3 nitrogen and oxygen atoms in total. The molecule has 0 aliphatic heterocycles. The van der Waals surface area contributed by atoms with Gasteiger partial charge in [-0.3, -0.25) is 4.98 Å². The Labute approximate surface area is 113 Å². The van der Waals surface area contributed by atoms with Crippen LogP contribution in [0, 0.1) is 11.6 Å². The van der Waals surface area contributed by atoms with Crippen molar-refractivity contribution in [2.24, 2.45) is 0 Å². The smallest absolute Gasteiger partial charge is 0.144 e. The van der Waals surface area contributed by atoms with E-state index in [1.165, 1.54) is 0 Å². The van der Waals surface area contributed by atoms with Crippen LogP contribution in [0.3, 0.4) is 0 Å². The highest BCUT2D eigenvalue weighted by Crippen LogP contribution is 2.23. The number of aryl methyl sites for hydroxylation is 2. The fourth-order valence-electron chi connectivity index (χ4n) is 1.62. The lowest BCUT2D eigenvalue weighted by Gasteiger charge is -2.08. The number of nitrogens with zero attached hydrogens (tertiary/aromatic N) is 2. The minimum atomic E-state index is 0.590. The number of aromatic nitrogens is 3. The molecule has 0 spiro atoms. The van der Waals surface area contributed by atoms with E-state index in [1.807, 2.05) is 19.2 Å². The molecule has 2 aromatic rings. The van der Waals surface area contributed by atoms with Crippen molar-refractivity contribution in [2.75, 3.05) is 0 Å². The van der Waals surface area contributed by atoms with Gasteiger partial charge in [0.2, 0.25) is 0 Å². The maximum Gasteiger partial charge on any atom is 0.144 e. The average Bonchev–Trinajstić information content (AvgIpc) is 2.33. The van der Waals surface area contributed by atoms with Crippen LogP contribution in [0.2, 0.25) is 0 Å². The van der Waals surface area contributed by atoms with Crippen molar-refractivity contribution >= 4 is 28.1 Å². The van der Waals surface area contributed by atoms with E-state index < -0.39 is 0 Å². The molecular weight excluding hydrogens is 298 g/mol. The predicted molar refractivity (Wildman–Crippen MR) is 74.5 cm³/mol. The van der Waals surface area contributed by atoms with Crippen LogP contribution < -0.4 is 0 Å². The first kappa shape index (κ1) is 12.4. The maximum atomic E-state index is 5.24. The number of rotatable bonds is 2. The largest absolute Gasteiger partial charge is 0.342 e. The summed E-state index contributed by atoms with van der Waals surface area (Å²) in [4.78, 5) is 11.8. The zero-order chi connectivity index (χ0) is 12.4. The van der Waals surface area contributed by atoms with Gasteiger partial charge in [0, 0.05) is 23.7 Å². The summed E-state index contributed by atoms with van der Waals surface area (Å²) < 4.78 is 1.47. The van der Waals surface area contributed by atoms with Crippen LogP contribution in [0.1, 0.15) is 18.2 Å². The van der Waals surface area contributed by atoms with E-state index in [2.05, 4.69) is 37.8 Å². The standard InChI is InChI=1S/C12H12BrN3S/c1-3-9-10(13)12(17)16-11(15-9)8-4-5-14-6-7(8)2/h4-6H,3H2,1-2H3,(H,15,16,17). The van der Waals surface area contributed by atoms with Crippen LogP contribution in [-0.2, 0) is 6.42 Å². The first-order valence-electron chi connectivity index (χ1n) is 5.33. The Morgan fingerprint density at radius 2 is 2.24 bits per heavy atom. The van der Waals surface area contributed by atoms with E-state index in [4.69, 9.17) is 12.2 Å². The molecule has 0 unspecified atom stereocenters. The van der Waals surface area contributed by atoms with Gasteiger partial charge in [0.1, 0.15) is 10.5 Å². The third-order valence-corrected chi connectivity index (χ3v) is 3.98. The molecule has 17 heavy (non-hydrogen) atoms. The van der Waals surface area contributed by atoms with Crippen LogP contribution in [0.25, 0.3) is 11.4 Å². The summed E-state index contributed by atoms with van der Waals surface area (Å²) in [6.07, 6.45) is 4.46. The van der Waals surface area contributed by atoms with Gasteiger partial charge in [0.15, 0.2) is 0 Å². The molecule has 0 saturated carbocycles. The zero-order valence-corrected chi connectivity index (χ0v) is 12.0. The molecule has 2 aromatic heterocycles. The van der Waals surface area contributed by atoms with Crippen molar-refractivity contribution in [1.82, 2.24) is 15.0 Å². The second-order valence-corrected chi connectivity index (χ2v) is 4.91. The Morgan fingerprint density at radius 3 is 2.88 bits per heavy atom. The molecule has 0 aliphatic carbocycles. The summed E-state index contributed by atoms with van der Waals surface area (Å²) in [7, 11) is 0. The van der Waals surface area contributed by atoms with Gasteiger partial charge in [-0.05, 0) is 40.9 Å². The van der Waals surface area contributed by atoms with E-state index in [9.17, 15) is 0 Å². The van der Waals surface area contributed by atoms with Crippen LogP contribution in [0.4, 0.5) is 0 Å². The molecule has 0 radical (unpaired) electrons. The molecule has 0 aliphatic rings. The Morgan fingerprint density at radius 1 is 1.47 bits per heavy atom. The van der Waals surface area contributed by atoms with Crippen molar-refractivity contribution in [3.05, 3.63) is 38.8 Å². The van der Waals surface area contributed by atoms with Gasteiger partial charge in [-0.15, -0.1) is 0 Å². The summed E-state index contributed by atoms with van der Waals surface area (Å²) in [5, 5.41) is 0. The molecule has 0 fully saturated rings. The molecule has 88 valence electrons. The lowest BCUT2D eigenvalue weighted by Crippen LogP contribution is -1.98. The Balaban J connectivity index is 2.66. The first-order chi connectivity index (χ1) is 8.13. The molecular formula is C12H12BrN3S. The highest BCUT2D eigenvalue weighted by atomic mass is 79.9. The molecule has 5 heteroatoms. The summed E-state index contributed by atoms with van der Waals surface area (Å²) in [6, 6.07) is 1.94. The highest BCUT2D eigenvalue weighted by molar-refractivity contribution is 9.10. The van der Waals surface area contributed by atoms with Crippen LogP contribution >= 0.6 is 28.1 Å². The van der Waals surface area contributed by atoms with E-state index >= 15 is 0 Å². The molecule has 0 amide bonds. The van der Waals surface area contributed by atoms with Gasteiger partial charge >= 0.3 is 0 Å². The van der Waals surface area contributed by atoms with Gasteiger partial charge < -0.3 is 4.98 Å². The Hall–Kier alpha value is -1.07. The van der Waals surface area contributed by atoms with E-state index in [-0.39, 0.29) is 0 Å². The summed E-state index contributed by atoms with van der Waals surface area (Å²) in [5.41, 5.74) is 3.18. The van der Waals surface area contributed by atoms with Crippen molar-refractivity contribution in [3.8, 4) is 11.4 Å². The lowest BCUT2D eigenvalue weighted by molar-refractivity contribution is 0.981. The quantitative estimate of drug-likeness (QED) is 0.857. The normalized spacial score (nSPS) is 10.5. The van der Waals surface area contributed by atoms with Crippen molar-refractivity contribution in [2.45, 2.75) is 20.3 Å². The maximum absolute atomic E-state index is 5.24. The second-order valence-electron chi connectivity index (χ2n) is 3.73. The van der Waals surface area contributed by atoms with Crippen LogP contribution in [0.15, 0.2) is 22.9 Å². The van der Waals surface area contributed by atoms with E-state index in [0.717, 1.165) is 33.5 Å². The molecule has 0 bridgehead atoms. The van der Waals surface area contributed by atoms with Crippen LogP contribution in [-0.4, -0.2) is 15.0 Å². The highest BCUT2D eigenvalue weighted by Gasteiger charge is 2.08. The summed E-state index contributed by atoms with van der Waals surface area (Å²) in [5.74, 6) is 0.801. The van der Waals surface area contributed by atoms with Gasteiger partial charge in [-0.25, -0.2) is 4.98 Å². The molecule has 1 N–H and O–H groups in total. The number of pyridine rings is 1. The third-order valence-electron chi connectivity index (χ3n) is 2.56. The number of aromatic amines is 1. The van der Waals surface area contributed by atoms with Crippen molar-refractivity contribution in [3.63, 3.8) is 0 Å². The molecule has 0 saturated heterocycles. The molecule has 0 aromatic carbocycles. The second kappa shape index (κ2) is 5.06. The van der Waals surface area contributed by atoms with Crippen molar-refractivity contribution < 1.29 is 0 Å². The number of halogens is 1. The summed E-state index contributed by atoms with van der Waals surface area (Å²) in [6.45, 7) is 4.09. The monoisotopic (exact) mass is 309 g/mol. The lowest BCUT2D eigenvalue weighted by atomic mass is 10.1. The SMILES string of the molecule is CCc1[nH]c(-c2ccncc2C)nc(=S)c1Br. The van der Waals surface area contributed by atoms with Gasteiger partial charge in [-0.2, -0.15) is 0 Å². The Kier molecular flexibility index (Phi) is 3.69. The number of hydrogen-bond donors (Lipinski definition) is 1. The van der Waals surface area contributed by atoms with Gasteiger partial charge in [0.05, 0.1) is 4.47 Å². The predicted octanol–water partition coefficient (Wildman–Crippen LogP) is 3.83. The van der Waals surface area contributed by atoms with Gasteiger partial charge in [-0.1, -0.05) is 19.1 Å². The minimum absolute atomic E-state index is 0.590. The average molecular weight is 310 g/mol. The number of H-pyrrole nitrogens is 1. The fraction of sp³-hybridized carbons (Fsp3) is 0.250. The minimum Gasteiger partial charge on any atom is -0.342 e. The fourth-order valence-corrected chi connectivity index (χ4v) is 2.30. The zero-order valence-electron chi connectivity index (χ0n) is 9.62. The molecule has 0 atom stereocenters. The van der Waals surface area contributed by atoms with E-state index in [0.29, 0.717) is 4.64 Å². The third kappa shape index (κ3) is 2.45. The van der Waals surface area contributed by atoms with Crippen LogP contribution in [0.5, 0.6) is 0 Å². The van der Waals surface area contributed by atoms with Gasteiger partial charge in [0.25, 0.3) is 0 Å². The van der Waals surface area contributed by atoms with E-state index in [1.54, 1.807) is 6.20 Å². The molecule has 2 rings (SSSR count). The van der Waals surface area contributed by atoms with Crippen molar-refractivity contribution in [1.29, 1.82) is 0 Å². The topological polar surface area (TPSA) is 41.6 Å². The number of nitrogens with one attached hydrogen (secondary N) is 1. The molecule has 2 heterocycles.